The zero-order valence-electron chi connectivity index (χ0n) is 15.2. The molecular weight excluding hydrogens is 320 g/mol. The molecule has 7 heteroatoms. The van der Waals surface area contributed by atoms with E-state index in [0.717, 1.165) is 17.0 Å². The molecule has 2 fully saturated rings. The predicted molar refractivity (Wildman–Crippen MR) is 90.4 cm³/mol. The van der Waals surface area contributed by atoms with Gasteiger partial charge in [-0.05, 0) is 39.7 Å². The van der Waals surface area contributed by atoms with Crippen LogP contribution >= 0.6 is 0 Å². The molecule has 1 aliphatic carbocycles. The van der Waals surface area contributed by atoms with Crippen molar-refractivity contribution in [2.75, 3.05) is 13.7 Å². The Morgan fingerprint density at radius 3 is 2.68 bits per heavy atom. The summed E-state index contributed by atoms with van der Waals surface area (Å²) >= 11 is 0. The SMILES string of the molecule is CO[C@H]1C[C@H](c2nc(C)no2)N(C(=O)c2cc(C)n(C3CC3)c2C)C1. The number of nitrogens with zero attached hydrogens (tertiary/aromatic N) is 4. The van der Waals surface area contributed by atoms with Gasteiger partial charge in [0.2, 0.25) is 5.89 Å². The molecule has 3 heterocycles. The summed E-state index contributed by atoms with van der Waals surface area (Å²) in [4.78, 5) is 19.5. The maximum atomic E-state index is 13.3. The van der Waals surface area contributed by atoms with Gasteiger partial charge in [0.25, 0.3) is 5.91 Å². The van der Waals surface area contributed by atoms with E-state index in [4.69, 9.17) is 9.26 Å². The van der Waals surface area contributed by atoms with Gasteiger partial charge in [0.15, 0.2) is 5.82 Å². The van der Waals surface area contributed by atoms with Crippen LogP contribution in [-0.2, 0) is 4.74 Å². The fourth-order valence-corrected chi connectivity index (χ4v) is 3.92. The van der Waals surface area contributed by atoms with Crippen LogP contribution in [0.4, 0.5) is 0 Å². The Balaban J connectivity index is 1.66. The van der Waals surface area contributed by atoms with Crippen molar-refractivity contribution in [2.45, 2.75) is 58.2 Å². The number of rotatable bonds is 4. The maximum absolute atomic E-state index is 13.3. The number of amides is 1. The number of carbonyl (C=O) groups excluding carboxylic acids is 1. The second kappa shape index (κ2) is 5.98. The first kappa shape index (κ1) is 16.3. The van der Waals surface area contributed by atoms with Gasteiger partial charge in [0.1, 0.15) is 6.04 Å². The number of ether oxygens (including phenoxy) is 1. The molecule has 0 radical (unpaired) electrons. The average Bonchev–Trinajstić information content (AvgIpc) is 3.04. The monoisotopic (exact) mass is 344 g/mol. The van der Waals surface area contributed by atoms with E-state index >= 15 is 0 Å². The van der Waals surface area contributed by atoms with E-state index in [1.807, 2.05) is 17.9 Å². The summed E-state index contributed by atoms with van der Waals surface area (Å²) in [5.74, 6) is 1.08. The first-order chi connectivity index (χ1) is 12.0. The molecule has 1 saturated heterocycles. The molecule has 134 valence electrons. The molecule has 0 N–H and O–H groups in total. The third-order valence-corrected chi connectivity index (χ3v) is 5.31. The molecule has 0 aromatic carbocycles. The van der Waals surface area contributed by atoms with Crippen LogP contribution < -0.4 is 0 Å². The summed E-state index contributed by atoms with van der Waals surface area (Å²) in [5.41, 5.74) is 2.96. The third-order valence-electron chi connectivity index (χ3n) is 5.31. The highest BCUT2D eigenvalue weighted by Gasteiger charge is 2.41. The van der Waals surface area contributed by atoms with Crippen LogP contribution in [0.25, 0.3) is 0 Å². The highest BCUT2D eigenvalue weighted by molar-refractivity contribution is 5.96. The molecule has 1 aliphatic heterocycles. The third kappa shape index (κ3) is 2.76. The molecule has 2 atom stereocenters. The van der Waals surface area contributed by atoms with Crippen LogP contribution in [0.5, 0.6) is 0 Å². The van der Waals surface area contributed by atoms with Crippen molar-refractivity contribution in [3.63, 3.8) is 0 Å². The van der Waals surface area contributed by atoms with E-state index in [1.54, 1.807) is 14.0 Å². The van der Waals surface area contributed by atoms with Gasteiger partial charge in [-0.3, -0.25) is 4.79 Å². The summed E-state index contributed by atoms with van der Waals surface area (Å²) < 4.78 is 13.1. The Morgan fingerprint density at radius 1 is 1.32 bits per heavy atom. The second-order valence-electron chi connectivity index (χ2n) is 7.13. The summed E-state index contributed by atoms with van der Waals surface area (Å²) in [6.45, 7) is 6.43. The number of carbonyl (C=O) groups is 1. The molecule has 1 amide bonds. The van der Waals surface area contributed by atoms with Crippen molar-refractivity contribution in [2.24, 2.45) is 0 Å². The van der Waals surface area contributed by atoms with E-state index in [9.17, 15) is 4.79 Å². The van der Waals surface area contributed by atoms with Crippen molar-refractivity contribution in [3.05, 3.63) is 34.7 Å². The van der Waals surface area contributed by atoms with E-state index in [1.165, 1.54) is 12.8 Å². The Morgan fingerprint density at radius 2 is 2.08 bits per heavy atom. The Bertz CT molecular complexity index is 805. The largest absolute Gasteiger partial charge is 0.380 e. The van der Waals surface area contributed by atoms with Gasteiger partial charge in [-0.1, -0.05) is 5.16 Å². The lowest BCUT2D eigenvalue weighted by atomic mass is 10.1. The van der Waals surface area contributed by atoms with E-state index in [2.05, 4.69) is 21.6 Å². The fourth-order valence-electron chi connectivity index (χ4n) is 3.92. The van der Waals surface area contributed by atoms with Crippen LogP contribution in [0.1, 0.15) is 64.8 Å². The first-order valence-corrected chi connectivity index (χ1v) is 8.82. The molecule has 25 heavy (non-hydrogen) atoms. The lowest BCUT2D eigenvalue weighted by Crippen LogP contribution is -2.32. The smallest absolute Gasteiger partial charge is 0.256 e. The van der Waals surface area contributed by atoms with Gasteiger partial charge in [-0.25, -0.2) is 0 Å². The average molecular weight is 344 g/mol. The highest BCUT2D eigenvalue weighted by Crippen LogP contribution is 2.40. The molecule has 2 aromatic rings. The van der Waals surface area contributed by atoms with Crippen LogP contribution in [0.3, 0.4) is 0 Å². The van der Waals surface area contributed by atoms with Crippen LogP contribution in [0.2, 0.25) is 0 Å². The molecule has 0 spiro atoms. The van der Waals surface area contributed by atoms with Crippen molar-refractivity contribution in [1.82, 2.24) is 19.6 Å². The topological polar surface area (TPSA) is 73.4 Å². The highest BCUT2D eigenvalue weighted by atomic mass is 16.5. The number of methoxy groups -OCH3 is 1. The second-order valence-corrected chi connectivity index (χ2v) is 7.13. The van der Waals surface area contributed by atoms with Crippen LogP contribution in [0, 0.1) is 20.8 Å². The molecular formula is C18H24N4O3. The lowest BCUT2D eigenvalue weighted by Gasteiger charge is -2.21. The Labute approximate surface area is 146 Å². The summed E-state index contributed by atoms with van der Waals surface area (Å²) in [7, 11) is 1.67. The molecule has 7 nitrogen and oxygen atoms in total. The number of hydrogen-bond acceptors (Lipinski definition) is 5. The maximum Gasteiger partial charge on any atom is 0.256 e. The van der Waals surface area contributed by atoms with Gasteiger partial charge >= 0.3 is 0 Å². The van der Waals surface area contributed by atoms with Crippen molar-refractivity contribution < 1.29 is 14.1 Å². The summed E-state index contributed by atoms with van der Waals surface area (Å²) in [6.07, 6.45) is 3.05. The van der Waals surface area contributed by atoms with Crippen LogP contribution in [-0.4, -0.2) is 45.3 Å². The van der Waals surface area contributed by atoms with E-state index in [-0.39, 0.29) is 18.1 Å². The zero-order chi connectivity index (χ0) is 17.7. The quantitative estimate of drug-likeness (QED) is 0.853. The van der Waals surface area contributed by atoms with E-state index in [0.29, 0.717) is 30.7 Å². The molecule has 2 aromatic heterocycles. The summed E-state index contributed by atoms with van der Waals surface area (Å²) in [6, 6.07) is 2.33. The van der Waals surface area contributed by atoms with Gasteiger partial charge in [0, 0.05) is 37.5 Å². The fraction of sp³-hybridized carbons (Fsp3) is 0.611. The van der Waals surface area contributed by atoms with Crippen molar-refractivity contribution in [1.29, 1.82) is 0 Å². The van der Waals surface area contributed by atoms with Gasteiger partial charge in [-0.15, -0.1) is 0 Å². The van der Waals surface area contributed by atoms with E-state index < -0.39 is 0 Å². The number of hydrogen-bond donors (Lipinski definition) is 0. The molecule has 0 bridgehead atoms. The number of likely N-dealkylation sites (tertiary alicyclic amines) is 1. The van der Waals surface area contributed by atoms with Gasteiger partial charge < -0.3 is 18.7 Å². The van der Waals surface area contributed by atoms with Crippen LogP contribution in [0.15, 0.2) is 10.6 Å². The lowest BCUT2D eigenvalue weighted by molar-refractivity contribution is 0.0670. The Kier molecular flexibility index (Phi) is 3.91. The zero-order valence-corrected chi connectivity index (χ0v) is 15.2. The normalized spacial score (nSPS) is 23.4. The molecule has 1 saturated carbocycles. The molecule has 2 aliphatic rings. The predicted octanol–water partition coefficient (Wildman–Crippen LogP) is 2.73. The molecule has 4 rings (SSSR count). The minimum Gasteiger partial charge on any atom is -0.380 e. The summed E-state index contributed by atoms with van der Waals surface area (Å²) in [5, 5.41) is 3.88. The minimum absolute atomic E-state index is 0.0143. The van der Waals surface area contributed by atoms with Crippen molar-refractivity contribution >= 4 is 5.91 Å². The number of aryl methyl sites for hydroxylation is 2. The van der Waals surface area contributed by atoms with Gasteiger partial charge in [-0.2, -0.15) is 4.98 Å². The first-order valence-electron chi connectivity index (χ1n) is 8.82. The van der Waals surface area contributed by atoms with Gasteiger partial charge in [0.05, 0.1) is 11.7 Å². The van der Waals surface area contributed by atoms with Crippen molar-refractivity contribution in [3.8, 4) is 0 Å². The minimum atomic E-state index is -0.234. The standard InChI is InChI=1S/C18H24N4O3/c1-10-7-15(11(2)22(10)13-5-6-13)18(23)21-9-14(24-4)8-16(21)17-19-12(3)20-25-17/h7,13-14,16H,5-6,8-9H2,1-4H3/t14-,16+/m0/s1. The Hall–Kier alpha value is -2.15. The number of aromatic nitrogens is 3. The molecule has 0 unspecified atom stereocenters.